The van der Waals surface area contributed by atoms with Crippen molar-refractivity contribution in [3.63, 3.8) is 0 Å². The lowest BCUT2D eigenvalue weighted by atomic mass is 10.1. The van der Waals surface area contributed by atoms with Gasteiger partial charge in [-0.15, -0.1) is 10.2 Å². The molecule has 1 aromatic heterocycles. The van der Waals surface area contributed by atoms with Crippen LogP contribution >= 0.6 is 23.1 Å². The highest BCUT2D eigenvalue weighted by Gasteiger charge is 2.17. The van der Waals surface area contributed by atoms with E-state index in [1.807, 2.05) is 0 Å². The van der Waals surface area contributed by atoms with Crippen molar-refractivity contribution in [1.82, 2.24) is 10.2 Å². The van der Waals surface area contributed by atoms with E-state index in [1.54, 1.807) is 49.0 Å². The Kier molecular flexibility index (Phi) is 7.11. The summed E-state index contributed by atoms with van der Waals surface area (Å²) >= 11 is 2.91. The van der Waals surface area contributed by atoms with E-state index >= 15 is 0 Å². The number of nitrogens with zero attached hydrogens (tertiary/aromatic N) is 2. The van der Waals surface area contributed by atoms with E-state index in [1.165, 1.54) is 29.5 Å². The van der Waals surface area contributed by atoms with E-state index in [4.69, 9.17) is 0 Å². The molecule has 2 N–H and O–H groups in total. The van der Waals surface area contributed by atoms with Crippen molar-refractivity contribution in [1.29, 1.82) is 0 Å². The monoisotopic (exact) mass is 462 g/mol. The van der Waals surface area contributed by atoms with Crippen LogP contribution in [0.15, 0.2) is 57.8 Å². The SMILES string of the molecule is Cc1ccc(C(=O)Nc2nnc(SCC(C)C)s2)cc1NS(=O)(=O)c1ccccc1. The standard InChI is InChI=1S/C20H22N4O3S3/c1-13(2)12-28-20-23-22-19(29-20)21-18(25)15-10-9-14(3)17(11-15)24-30(26,27)16-7-5-4-6-8-16/h4-11,13,24H,12H2,1-3H3,(H,21,22,25). The molecule has 3 aromatic rings. The van der Waals surface area contributed by atoms with Gasteiger partial charge in [0.15, 0.2) is 4.34 Å². The molecule has 30 heavy (non-hydrogen) atoms. The molecule has 7 nitrogen and oxygen atoms in total. The fraction of sp³-hybridized carbons (Fsp3) is 0.250. The minimum atomic E-state index is -3.75. The molecule has 0 bridgehead atoms. The first kappa shape index (κ1) is 22.3. The molecule has 10 heteroatoms. The molecule has 0 aliphatic heterocycles. The number of hydrogen-bond acceptors (Lipinski definition) is 7. The average Bonchev–Trinajstić information content (AvgIpc) is 3.16. The molecule has 1 amide bonds. The van der Waals surface area contributed by atoms with Gasteiger partial charge in [0.1, 0.15) is 0 Å². The van der Waals surface area contributed by atoms with Crippen LogP contribution in [0.1, 0.15) is 29.8 Å². The molecule has 0 saturated heterocycles. The van der Waals surface area contributed by atoms with Gasteiger partial charge in [0.25, 0.3) is 15.9 Å². The molecule has 0 aliphatic carbocycles. The van der Waals surface area contributed by atoms with Crippen LogP contribution in [0.5, 0.6) is 0 Å². The fourth-order valence-electron chi connectivity index (χ4n) is 2.40. The average molecular weight is 463 g/mol. The molecule has 0 radical (unpaired) electrons. The van der Waals surface area contributed by atoms with Crippen LogP contribution in [-0.4, -0.2) is 30.3 Å². The van der Waals surface area contributed by atoms with Gasteiger partial charge in [-0.05, 0) is 42.7 Å². The quantitative estimate of drug-likeness (QED) is 0.373. The van der Waals surface area contributed by atoms with Crippen LogP contribution < -0.4 is 10.0 Å². The second-order valence-electron chi connectivity index (χ2n) is 6.98. The Hall–Kier alpha value is -2.43. The van der Waals surface area contributed by atoms with Crippen molar-refractivity contribution < 1.29 is 13.2 Å². The van der Waals surface area contributed by atoms with Crippen molar-refractivity contribution in [3.8, 4) is 0 Å². The smallest absolute Gasteiger partial charge is 0.261 e. The highest BCUT2D eigenvalue weighted by molar-refractivity contribution is 8.01. The van der Waals surface area contributed by atoms with Crippen molar-refractivity contribution in [2.24, 2.45) is 5.92 Å². The minimum Gasteiger partial charge on any atom is -0.296 e. The van der Waals surface area contributed by atoms with Gasteiger partial charge in [-0.3, -0.25) is 14.8 Å². The first-order valence-electron chi connectivity index (χ1n) is 9.21. The first-order chi connectivity index (χ1) is 14.2. The Balaban J connectivity index is 1.74. The van der Waals surface area contributed by atoms with Gasteiger partial charge < -0.3 is 0 Å². The Morgan fingerprint density at radius 1 is 1.13 bits per heavy atom. The van der Waals surface area contributed by atoms with E-state index in [0.717, 1.165) is 10.1 Å². The number of carbonyl (C=O) groups is 1. The van der Waals surface area contributed by atoms with E-state index < -0.39 is 10.0 Å². The predicted octanol–water partition coefficient (Wildman–Crippen LogP) is 4.65. The van der Waals surface area contributed by atoms with Gasteiger partial charge in [-0.2, -0.15) is 0 Å². The normalized spacial score (nSPS) is 11.5. The van der Waals surface area contributed by atoms with Gasteiger partial charge in [0, 0.05) is 11.3 Å². The zero-order valence-electron chi connectivity index (χ0n) is 16.7. The molecule has 0 fully saturated rings. The summed E-state index contributed by atoms with van der Waals surface area (Å²) in [5, 5.41) is 11.2. The Labute approximate surface area is 184 Å². The number of carbonyl (C=O) groups excluding carboxylic acids is 1. The Morgan fingerprint density at radius 3 is 2.57 bits per heavy atom. The number of amides is 1. The van der Waals surface area contributed by atoms with Crippen molar-refractivity contribution >= 4 is 49.8 Å². The highest BCUT2D eigenvalue weighted by atomic mass is 32.2. The summed E-state index contributed by atoms with van der Waals surface area (Å²) in [5.41, 5.74) is 1.37. The maximum atomic E-state index is 12.6. The third kappa shape index (κ3) is 5.80. The van der Waals surface area contributed by atoms with Crippen molar-refractivity contribution in [3.05, 3.63) is 59.7 Å². The summed E-state index contributed by atoms with van der Waals surface area (Å²) in [6.07, 6.45) is 0. The summed E-state index contributed by atoms with van der Waals surface area (Å²) in [5.74, 6) is 1.07. The van der Waals surface area contributed by atoms with Crippen LogP contribution in [0.3, 0.4) is 0 Å². The van der Waals surface area contributed by atoms with Gasteiger partial charge in [0.2, 0.25) is 5.13 Å². The molecule has 0 unspecified atom stereocenters. The number of sulfonamides is 1. The number of rotatable bonds is 8. The van der Waals surface area contributed by atoms with Crippen LogP contribution in [0.25, 0.3) is 0 Å². The maximum absolute atomic E-state index is 12.6. The maximum Gasteiger partial charge on any atom is 0.261 e. The van der Waals surface area contributed by atoms with Crippen molar-refractivity contribution in [2.45, 2.75) is 30.0 Å². The topological polar surface area (TPSA) is 101 Å². The van der Waals surface area contributed by atoms with Crippen LogP contribution in [0.2, 0.25) is 0 Å². The summed E-state index contributed by atoms with van der Waals surface area (Å²) in [6, 6.07) is 12.9. The molecular formula is C20H22N4O3S3. The number of thioether (sulfide) groups is 1. The fourth-order valence-corrected chi connectivity index (χ4v) is 5.27. The third-order valence-electron chi connectivity index (χ3n) is 3.96. The molecule has 0 atom stereocenters. The minimum absolute atomic E-state index is 0.152. The Morgan fingerprint density at radius 2 is 1.87 bits per heavy atom. The number of hydrogen-bond donors (Lipinski definition) is 2. The zero-order chi connectivity index (χ0) is 21.7. The molecular weight excluding hydrogens is 440 g/mol. The van der Waals surface area contributed by atoms with E-state index in [9.17, 15) is 13.2 Å². The summed E-state index contributed by atoms with van der Waals surface area (Å²) in [4.78, 5) is 12.8. The van der Waals surface area contributed by atoms with Gasteiger partial charge >= 0.3 is 0 Å². The number of aromatic nitrogens is 2. The van der Waals surface area contributed by atoms with Gasteiger partial charge in [-0.1, -0.05) is 61.2 Å². The van der Waals surface area contributed by atoms with E-state index in [2.05, 4.69) is 34.1 Å². The number of aryl methyl sites for hydroxylation is 1. The lowest BCUT2D eigenvalue weighted by Gasteiger charge is -2.12. The molecule has 3 rings (SSSR count). The highest BCUT2D eigenvalue weighted by Crippen LogP contribution is 2.28. The number of benzene rings is 2. The second kappa shape index (κ2) is 9.59. The molecule has 2 aromatic carbocycles. The lowest BCUT2D eigenvalue weighted by molar-refractivity contribution is 0.102. The summed E-state index contributed by atoms with van der Waals surface area (Å²) in [6.45, 7) is 6.02. The van der Waals surface area contributed by atoms with Gasteiger partial charge in [-0.25, -0.2) is 8.42 Å². The molecule has 1 heterocycles. The number of anilines is 2. The first-order valence-corrected chi connectivity index (χ1v) is 12.5. The largest absolute Gasteiger partial charge is 0.296 e. The number of nitrogens with one attached hydrogen (secondary N) is 2. The molecule has 158 valence electrons. The van der Waals surface area contributed by atoms with E-state index in [-0.39, 0.29) is 10.8 Å². The van der Waals surface area contributed by atoms with Crippen LogP contribution in [-0.2, 0) is 10.0 Å². The molecule has 0 aliphatic rings. The van der Waals surface area contributed by atoms with Gasteiger partial charge in [0.05, 0.1) is 10.6 Å². The second-order valence-corrected chi connectivity index (χ2v) is 10.9. The lowest BCUT2D eigenvalue weighted by Crippen LogP contribution is -2.16. The predicted molar refractivity (Wildman–Crippen MR) is 122 cm³/mol. The Bertz CT molecular complexity index is 1130. The molecule has 0 spiro atoms. The van der Waals surface area contributed by atoms with Crippen LogP contribution in [0.4, 0.5) is 10.8 Å². The zero-order valence-corrected chi connectivity index (χ0v) is 19.2. The third-order valence-corrected chi connectivity index (χ3v) is 7.74. The van der Waals surface area contributed by atoms with E-state index in [0.29, 0.717) is 27.9 Å². The van der Waals surface area contributed by atoms with Crippen molar-refractivity contribution in [2.75, 3.05) is 15.8 Å². The summed E-state index contributed by atoms with van der Waals surface area (Å²) in [7, 11) is -3.75. The molecule has 0 saturated carbocycles. The van der Waals surface area contributed by atoms with Crippen LogP contribution in [0, 0.1) is 12.8 Å². The summed E-state index contributed by atoms with van der Waals surface area (Å²) < 4.78 is 28.6.